The molecule has 0 aromatic heterocycles. The molecule has 1 saturated carbocycles. The standard InChI is InChI=1S/C16H22N2O4S/c19-16(17-12-9-10-23(20,21)11-12)18-14-7-3-4-8-15(14)22-13-5-1-2-6-13/h3-4,7-8,12-13H,1-2,5-6,9-11H2,(H2,17,18,19). The molecule has 1 atom stereocenters. The van der Waals surface area contributed by atoms with Gasteiger partial charge >= 0.3 is 6.03 Å². The van der Waals surface area contributed by atoms with Gasteiger partial charge in [-0.15, -0.1) is 0 Å². The molecule has 126 valence electrons. The predicted molar refractivity (Wildman–Crippen MR) is 88.5 cm³/mol. The SMILES string of the molecule is O=C(Nc1ccccc1OC1CCCC1)NC1CCS(=O)(=O)C1. The average Bonchev–Trinajstić information content (AvgIpc) is 3.10. The largest absolute Gasteiger partial charge is 0.488 e. The van der Waals surface area contributed by atoms with Gasteiger partial charge in [0.15, 0.2) is 9.84 Å². The van der Waals surface area contributed by atoms with Crippen molar-refractivity contribution in [3.05, 3.63) is 24.3 Å². The molecule has 1 aliphatic heterocycles. The zero-order valence-electron chi connectivity index (χ0n) is 13.0. The Labute approximate surface area is 136 Å². The van der Waals surface area contributed by atoms with Crippen molar-refractivity contribution in [1.82, 2.24) is 5.32 Å². The lowest BCUT2D eigenvalue weighted by Gasteiger charge is -2.18. The first kappa shape index (κ1) is 16.1. The zero-order valence-corrected chi connectivity index (χ0v) is 13.8. The molecule has 1 unspecified atom stereocenters. The van der Waals surface area contributed by atoms with Crippen molar-refractivity contribution < 1.29 is 17.9 Å². The van der Waals surface area contributed by atoms with E-state index in [0.717, 1.165) is 12.8 Å². The number of para-hydroxylation sites is 2. The maximum atomic E-state index is 12.1. The molecule has 6 nitrogen and oxygen atoms in total. The molecule has 1 saturated heterocycles. The highest BCUT2D eigenvalue weighted by Gasteiger charge is 2.29. The molecule has 2 fully saturated rings. The minimum atomic E-state index is -3.01. The third-order valence-corrected chi connectivity index (χ3v) is 6.07. The van der Waals surface area contributed by atoms with Crippen LogP contribution in [0.25, 0.3) is 0 Å². The smallest absolute Gasteiger partial charge is 0.319 e. The van der Waals surface area contributed by atoms with Crippen LogP contribution in [0, 0.1) is 0 Å². The lowest BCUT2D eigenvalue weighted by Crippen LogP contribution is -2.38. The molecule has 7 heteroatoms. The van der Waals surface area contributed by atoms with Crippen LogP contribution in [0.15, 0.2) is 24.3 Å². The number of anilines is 1. The van der Waals surface area contributed by atoms with Crippen LogP contribution >= 0.6 is 0 Å². The van der Waals surface area contributed by atoms with Gasteiger partial charge in [-0.2, -0.15) is 0 Å². The van der Waals surface area contributed by atoms with Crippen LogP contribution in [-0.2, 0) is 9.84 Å². The van der Waals surface area contributed by atoms with E-state index >= 15 is 0 Å². The normalized spacial score (nSPS) is 23.6. The fraction of sp³-hybridized carbons (Fsp3) is 0.562. The lowest BCUT2D eigenvalue weighted by molar-refractivity contribution is 0.211. The molecule has 1 heterocycles. The van der Waals surface area contributed by atoms with Gasteiger partial charge in [0.1, 0.15) is 5.75 Å². The number of ether oxygens (including phenoxy) is 1. The first-order valence-electron chi connectivity index (χ1n) is 8.05. The van der Waals surface area contributed by atoms with Gasteiger partial charge in [0.25, 0.3) is 0 Å². The molecule has 0 radical (unpaired) electrons. The van der Waals surface area contributed by atoms with E-state index < -0.39 is 15.9 Å². The zero-order chi connectivity index (χ0) is 16.3. The number of benzene rings is 1. The Morgan fingerprint density at radius 2 is 1.87 bits per heavy atom. The fourth-order valence-electron chi connectivity index (χ4n) is 3.11. The van der Waals surface area contributed by atoms with Crippen molar-refractivity contribution in [1.29, 1.82) is 0 Å². The highest BCUT2D eigenvalue weighted by molar-refractivity contribution is 7.91. The maximum absolute atomic E-state index is 12.1. The summed E-state index contributed by atoms with van der Waals surface area (Å²) in [6, 6.07) is 6.62. The molecule has 3 rings (SSSR count). The molecule has 2 aliphatic rings. The Balaban J connectivity index is 1.59. The summed E-state index contributed by atoms with van der Waals surface area (Å²) >= 11 is 0. The molecule has 1 aromatic carbocycles. The first-order valence-corrected chi connectivity index (χ1v) is 9.88. The predicted octanol–water partition coefficient (Wildman–Crippen LogP) is 2.32. The Bertz CT molecular complexity index is 668. The van der Waals surface area contributed by atoms with Gasteiger partial charge in [-0.25, -0.2) is 13.2 Å². The molecule has 1 aromatic rings. The summed E-state index contributed by atoms with van der Waals surface area (Å²) in [4.78, 5) is 12.1. The third kappa shape index (κ3) is 4.37. The molecule has 23 heavy (non-hydrogen) atoms. The van der Waals surface area contributed by atoms with Crippen molar-refractivity contribution in [3.8, 4) is 5.75 Å². The van der Waals surface area contributed by atoms with Crippen LogP contribution in [0.2, 0.25) is 0 Å². The summed E-state index contributed by atoms with van der Waals surface area (Å²) in [6.45, 7) is 0. The van der Waals surface area contributed by atoms with Crippen molar-refractivity contribution in [2.75, 3.05) is 16.8 Å². The molecule has 2 N–H and O–H groups in total. The average molecular weight is 338 g/mol. The third-order valence-electron chi connectivity index (χ3n) is 4.30. The number of amides is 2. The first-order chi connectivity index (χ1) is 11.0. The molecule has 0 bridgehead atoms. The van der Waals surface area contributed by atoms with Crippen molar-refractivity contribution in [3.63, 3.8) is 0 Å². The van der Waals surface area contributed by atoms with E-state index in [4.69, 9.17) is 4.74 Å². The topological polar surface area (TPSA) is 84.5 Å². The van der Waals surface area contributed by atoms with E-state index in [1.54, 1.807) is 6.07 Å². The van der Waals surface area contributed by atoms with Crippen molar-refractivity contribution in [2.45, 2.75) is 44.2 Å². The van der Waals surface area contributed by atoms with Gasteiger partial charge in [0.2, 0.25) is 0 Å². The second-order valence-corrected chi connectivity index (χ2v) is 8.45. The van der Waals surface area contributed by atoms with Crippen LogP contribution < -0.4 is 15.4 Å². The number of rotatable bonds is 4. The Morgan fingerprint density at radius 1 is 1.13 bits per heavy atom. The summed E-state index contributed by atoms with van der Waals surface area (Å²) < 4.78 is 28.8. The van der Waals surface area contributed by atoms with Gasteiger partial charge in [0, 0.05) is 6.04 Å². The number of nitrogens with one attached hydrogen (secondary N) is 2. The molecule has 2 amide bonds. The molecule has 0 spiro atoms. The van der Waals surface area contributed by atoms with E-state index in [0.29, 0.717) is 17.9 Å². The number of carbonyl (C=O) groups is 1. The number of carbonyl (C=O) groups excluding carboxylic acids is 1. The summed E-state index contributed by atoms with van der Waals surface area (Å²) in [5, 5.41) is 5.49. The van der Waals surface area contributed by atoms with E-state index in [-0.39, 0.29) is 23.7 Å². The summed E-state index contributed by atoms with van der Waals surface area (Å²) in [5.41, 5.74) is 0.609. The molecular formula is C16H22N2O4S. The summed E-state index contributed by atoms with van der Waals surface area (Å²) in [5.74, 6) is 0.813. The van der Waals surface area contributed by atoms with Crippen LogP contribution in [0.4, 0.5) is 10.5 Å². The van der Waals surface area contributed by atoms with Crippen LogP contribution in [0.3, 0.4) is 0 Å². The Morgan fingerprint density at radius 3 is 2.57 bits per heavy atom. The van der Waals surface area contributed by atoms with Gasteiger partial charge in [-0.1, -0.05) is 12.1 Å². The highest BCUT2D eigenvalue weighted by Crippen LogP contribution is 2.29. The minimum absolute atomic E-state index is 0.0145. The fourth-order valence-corrected chi connectivity index (χ4v) is 4.78. The number of hydrogen-bond acceptors (Lipinski definition) is 4. The number of hydrogen-bond donors (Lipinski definition) is 2. The Kier molecular flexibility index (Phi) is 4.75. The second-order valence-electron chi connectivity index (χ2n) is 6.22. The van der Waals surface area contributed by atoms with E-state index in [2.05, 4.69) is 10.6 Å². The van der Waals surface area contributed by atoms with Crippen LogP contribution in [-0.4, -0.2) is 38.1 Å². The van der Waals surface area contributed by atoms with Crippen molar-refractivity contribution in [2.24, 2.45) is 0 Å². The Hall–Kier alpha value is -1.76. The second kappa shape index (κ2) is 6.78. The lowest BCUT2D eigenvalue weighted by atomic mass is 10.2. The van der Waals surface area contributed by atoms with E-state index in [1.807, 2.05) is 18.2 Å². The number of sulfone groups is 1. The quantitative estimate of drug-likeness (QED) is 0.882. The van der Waals surface area contributed by atoms with Gasteiger partial charge in [-0.05, 0) is 44.2 Å². The van der Waals surface area contributed by atoms with E-state index in [9.17, 15) is 13.2 Å². The maximum Gasteiger partial charge on any atom is 0.319 e. The number of urea groups is 1. The van der Waals surface area contributed by atoms with Crippen LogP contribution in [0.5, 0.6) is 5.75 Å². The van der Waals surface area contributed by atoms with Crippen LogP contribution in [0.1, 0.15) is 32.1 Å². The van der Waals surface area contributed by atoms with E-state index in [1.165, 1.54) is 12.8 Å². The van der Waals surface area contributed by atoms with Crippen molar-refractivity contribution >= 4 is 21.6 Å². The van der Waals surface area contributed by atoms with Gasteiger partial charge in [0.05, 0.1) is 23.3 Å². The summed E-state index contributed by atoms with van der Waals surface area (Å²) in [6.07, 6.45) is 5.12. The molecular weight excluding hydrogens is 316 g/mol. The monoisotopic (exact) mass is 338 g/mol. The summed E-state index contributed by atoms with van der Waals surface area (Å²) in [7, 11) is -3.01. The van der Waals surface area contributed by atoms with Gasteiger partial charge in [-0.3, -0.25) is 0 Å². The van der Waals surface area contributed by atoms with Gasteiger partial charge < -0.3 is 15.4 Å². The molecule has 1 aliphatic carbocycles. The minimum Gasteiger partial charge on any atom is -0.488 e. The highest BCUT2D eigenvalue weighted by atomic mass is 32.2.